The number of rotatable bonds is 11. The number of anilines is 1. The first kappa shape index (κ1) is 28.9. The molecule has 1 atom stereocenters. The molecular formula is C25H33Cl2N3O4S. The normalized spacial score (nSPS) is 12.2. The molecule has 0 saturated heterocycles. The van der Waals surface area contributed by atoms with Crippen LogP contribution in [0.5, 0.6) is 0 Å². The smallest absolute Gasteiger partial charge is 0.242 e. The summed E-state index contributed by atoms with van der Waals surface area (Å²) in [6.07, 6.45) is 1.95. The van der Waals surface area contributed by atoms with Gasteiger partial charge in [-0.25, -0.2) is 8.42 Å². The molecule has 0 radical (unpaired) electrons. The summed E-state index contributed by atoms with van der Waals surface area (Å²) in [4.78, 5) is 27.4. The van der Waals surface area contributed by atoms with E-state index in [4.69, 9.17) is 23.2 Å². The van der Waals surface area contributed by atoms with Crippen molar-refractivity contribution < 1.29 is 18.0 Å². The van der Waals surface area contributed by atoms with Crippen LogP contribution in [-0.4, -0.2) is 51.0 Å². The molecule has 2 rings (SSSR count). The predicted octanol–water partition coefficient (Wildman–Crippen LogP) is 4.71. The highest BCUT2D eigenvalue weighted by Crippen LogP contribution is 2.26. The average Bonchev–Trinajstić information content (AvgIpc) is 2.79. The second kappa shape index (κ2) is 12.6. The van der Waals surface area contributed by atoms with E-state index in [9.17, 15) is 18.0 Å². The number of carbonyl (C=O) groups excluding carboxylic acids is 2. The Labute approximate surface area is 218 Å². The van der Waals surface area contributed by atoms with Gasteiger partial charge in [0.2, 0.25) is 21.8 Å². The fraction of sp³-hybridized carbons (Fsp3) is 0.440. The molecule has 0 fully saturated rings. The number of amides is 2. The van der Waals surface area contributed by atoms with Crippen LogP contribution < -0.4 is 9.62 Å². The van der Waals surface area contributed by atoms with Crippen LogP contribution in [-0.2, 0) is 26.2 Å². The molecule has 35 heavy (non-hydrogen) atoms. The first-order chi connectivity index (χ1) is 16.4. The zero-order valence-electron chi connectivity index (χ0n) is 20.8. The molecule has 2 amide bonds. The Bertz CT molecular complexity index is 1170. The van der Waals surface area contributed by atoms with Gasteiger partial charge in [-0.15, -0.1) is 0 Å². The van der Waals surface area contributed by atoms with Crippen molar-refractivity contribution in [2.75, 3.05) is 24.2 Å². The minimum absolute atomic E-state index is 0.0751. The lowest BCUT2D eigenvalue weighted by molar-refractivity contribution is -0.141. The van der Waals surface area contributed by atoms with E-state index in [1.54, 1.807) is 18.2 Å². The topological polar surface area (TPSA) is 86.8 Å². The van der Waals surface area contributed by atoms with Crippen molar-refractivity contribution in [1.82, 2.24) is 10.2 Å². The van der Waals surface area contributed by atoms with Gasteiger partial charge in [-0.2, -0.15) is 0 Å². The van der Waals surface area contributed by atoms with E-state index in [0.717, 1.165) is 22.9 Å². The van der Waals surface area contributed by atoms with Crippen LogP contribution in [0.4, 0.5) is 5.69 Å². The number of nitrogens with zero attached hydrogens (tertiary/aromatic N) is 2. The zero-order chi connectivity index (χ0) is 26.3. The van der Waals surface area contributed by atoms with Crippen molar-refractivity contribution >= 4 is 50.7 Å². The number of carbonyl (C=O) groups is 2. The molecule has 0 heterocycles. The van der Waals surface area contributed by atoms with Gasteiger partial charge in [-0.05, 0) is 61.6 Å². The Morgan fingerprint density at radius 1 is 1.06 bits per heavy atom. The third-order valence-electron chi connectivity index (χ3n) is 5.75. The monoisotopic (exact) mass is 541 g/mol. The highest BCUT2D eigenvalue weighted by atomic mass is 35.5. The maximum Gasteiger partial charge on any atom is 0.242 e. The number of sulfonamides is 1. The molecule has 192 valence electrons. The predicted molar refractivity (Wildman–Crippen MR) is 142 cm³/mol. The SMILES string of the molecule is CC[C@@H](C(=O)NC)N(Cc1ccc(Cl)c(Cl)c1)C(=O)CCCN(c1cc(C)ccc1C)S(C)(=O)=O. The Morgan fingerprint density at radius 3 is 2.31 bits per heavy atom. The van der Waals surface area contributed by atoms with Gasteiger partial charge in [0.05, 0.1) is 22.0 Å². The highest BCUT2D eigenvalue weighted by molar-refractivity contribution is 7.92. The van der Waals surface area contributed by atoms with Crippen LogP contribution in [0.1, 0.15) is 42.9 Å². The number of halogens is 2. The Balaban J connectivity index is 2.24. The van der Waals surface area contributed by atoms with Crippen molar-refractivity contribution in [2.24, 2.45) is 0 Å². The lowest BCUT2D eigenvalue weighted by Crippen LogP contribution is -2.48. The molecule has 7 nitrogen and oxygen atoms in total. The molecule has 0 unspecified atom stereocenters. The molecule has 0 aliphatic carbocycles. The molecule has 2 aromatic carbocycles. The summed E-state index contributed by atoms with van der Waals surface area (Å²) in [6, 6.07) is 10.0. The number of hydrogen-bond acceptors (Lipinski definition) is 4. The third kappa shape index (κ3) is 7.85. The van der Waals surface area contributed by atoms with Crippen molar-refractivity contribution in [3.63, 3.8) is 0 Å². The lowest BCUT2D eigenvalue weighted by atomic mass is 10.1. The van der Waals surface area contributed by atoms with Crippen LogP contribution in [0.25, 0.3) is 0 Å². The number of benzene rings is 2. The van der Waals surface area contributed by atoms with Crippen molar-refractivity contribution in [2.45, 2.75) is 52.6 Å². The Hall–Kier alpha value is -2.29. The molecule has 0 aliphatic rings. The first-order valence-electron chi connectivity index (χ1n) is 11.4. The van der Waals surface area contributed by atoms with E-state index in [0.29, 0.717) is 28.6 Å². The Morgan fingerprint density at radius 2 is 1.74 bits per heavy atom. The van der Waals surface area contributed by atoms with Crippen LogP contribution in [0.2, 0.25) is 10.0 Å². The van der Waals surface area contributed by atoms with E-state index in [-0.39, 0.29) is 31.3 Å². The summed E-state index contributed by atoms with van der Waals surface area (Å²) in [5, 5.41) is 3.38. The standard InChI is InChI=1S/C25H33Cl2N3O4S/c1-6-22(25(32)28-4)29(16-19-11-12-20(26)21(27)15-19)24(31)8-7-13-30(35(5,33)34)23-14-17(2)9-10-18(23)3/h9-12,14-15,22H,6-8,13,16H2,1-5H3,(H,28,32)/t22-/m0/s1. The second-order valence-electron chi connectivity index (χ2n) is 8.54. The first-order valence-corrected chi connectivity index (χ1v) is 14.0. The van der Waals surface area contributed by atoms with Gasteiger partial charge in [0.1, 0.15) is 6.04 Å². The van der Waals surface area contributed by atoms with E-state index in [2.05, 4.69) is 5.32 Å². The largest absolute Gasteiger partial charge is 0.357 e. The van der Waals surface area contributed by atoms with Gasteiger partial charge in [-0.3, -0.25) is 13.9 Å². The quantitative estimate of drug-likeness (QED) is 0.446. The van der Waals surface area contributed by atoms with Crippen molar-refractivity contribution in [3.05, 3.63) is 63.1 Å². The zero-order valence-corrected chi connectivity index (χ0v) is 23.1. The molecule has 10 heteroatoms. The summed E-state index contributed by atoms with van der Waals surface area (Å²) >= 11 is 12.2. The fourth-order valence-electron chi connectivity index (χ4n) is 3.89. The third-order valence-corrected chi connectivity index (χ3v) is 7.67. The maximum absolute atomic E-state index is 13.3. The maximum atomic E-state index is 13.3. The molecular weight excluding hydrogens is 509 g/mol. The lowest BCUT2D eigenvalue weighted by Gasteiger charge is -2.31. The molecule has 2 aromatic rings. The number of likely N-dealkylation sites (N-methyl/N-ethyl adjacent to an activating group) is 1. The second-order valence-corrected chi connectivity index (χ2v) is 11.3. The molecule has 0 aliphatic heterocycles. The summed E-state index contributed by atoms with van der Waals surface area (Å²) in [7, 11) is -2.03. The van der Waals surface area contributed by atoms with E-state index in [1.807, 2.05) is 39.0 Å². The van der Waals surface area contributed by atoms with Gasteiger partial charge in [0.25, 0.3) is 0 Å². The summed E-state index contributed by atoms with van der Waals surface area (Å²) < 4.78 is 26.4. The van der Waals surface area contributed by atoms with Gasteiger partial charge < -0.3 is 10.2 Å². The van der Waals surface area contributed by atoms with Gasteiger partial charge >= 0.3 is 0 Å². The fourth-order valence-corrected chi connectivity index (χ4v) is 5.23. The van der Waals surface area contributed by atoms with Crippen molar-refractivity contribution in [3.8, 4) is 0 Å². The molecule has 1 N–H and O–H groups in total. The van der Waals surface area contributed by atoms with Crippen molar-refractivity contribution in [1.29, 1.82) is 0 Å². The van der Waals surface area contributed by atoms with E-state index >= 15 is 0 Å². The Kier molecular flexibility index (Phi) is 10.4. The number of nitrogens with one attached hydrogen (secondary N) is 1. The molecule has 0 saturated carbocycles. The van der Waals surface area contributed by atoms with Crippen LogP contribution >= 0.6 is 23.2 Å². The van der Waals surface area contributed by atoms with Crippen LogP contribution in [0.3, 0.4) is 0 Å². The van der Waals surface area contributed by atoms with Crippen LogP contribution in [0, 0.1) is 13.8 Å². The molecule has 0 bridgehead atoms. The van der Waals surface area contributed by atoms with Gasteiger partial charge in [-0.1, -0.05) is 48.3 Å². The van der Waals surface area contributed by atoms with Crippen LogP contribution in [0.15, 0.2) is 36.4 Å². The van der Waals surface area contributed by atoms with Gasteiger partial charge in [0, 0.05) is 26.6 Å². The van der Waals surface area contributed by atoms with E-state index in [1.165, 1.54) is 16.3 Å². The van der Waals surface area contributed by atoms with Gasteiger partial charge in [0.15, 0.2) is 0 Å². The minimum Gasteiger partial charge on any atom is -0.357 e. The molecule has 0 spiro atoms. The number of aryl methyl sites for hydroxylation is 2. The highest BCUT2D eigenvalue weighted by Gasteiger charge is 2.28. The average molecular weight is 543 g/mol. The summed E-state index contributed by atoms with van der Waals surface area (Å²) in [6.45, 7) is 5.91. The number of hydrogen-bond donors (Lipinski definition) is 1. The molecule has 0 aromatic heterocycles. The summed E-state index contributed by atoms with van der Waals surface area (Å²) in [5.74, 6) is -0.519. The van der Waals surface area contributed by atoms with E-state index < -0.39 is 16.1 Å². The minimum atomic E-state index is -3.55. The summed E-state index contributed by atoms with van der Waals surface area (Å²) in [5.41, 5.74) is 3.12.